The first kappa shape index (κ1) is 25.5. The maximum atomic E-state index is 11.8. The molecule has 0 aliphatic heterocycles. The van der Waals surface area contributed by atoms with Crippen LogP contribution in [0.1, 0.15) is 38.8 Å². The molecule has 4 rings (SSSR count). The Morgan fingerprint density at radius 3 is 1.19 bits per heavy atom. The lowest BCUT2D eigenvalue weighted by atomic mass is 9.96. The Morgan fingerprint density at radius 1 is 0.541 bits per heavy atom. The van der Waals surface area contributed by atoms with Gasteiger partial charge >= 0.3 is 0 Å². The third-order valence-corrected chi connectivity index (χ3v) is 6.01. The van der Waals surface area contributed by atoms with Gasteiger partial charge in [-0.05, 0) is 127 Å². The Hall–Kier alpha value is -4.58. The van der Waals surface area contributed by atoms with Crippen LogP contribution in [-0.2, 0) is 16.0 Å². The first-order chi connectivity index (χ1) is 17.8. The van der Waals surface area contributed by atoms with Crippen LogP contribution in [0.25, 0.3) is 0 Å². The summed E-state index contributed by atoms with van der Waals surface area (Å²) in [5.41, 5.74) is 8.39. The molecule has 6 nitrogen and oxygen atoms in total. The highest BCUT2D eigenvalue weighted by atomic mass is 16.1. The van der Waals surface area contributed by atoms with Crippen LogP contribution in [0.2, 0.25) is 0 Å². The van der Waals surface area contributed by atoms with Crippen molar-refractivity contribution >= 4 is 22.9 Å². The number of ketones is 2. The van der Waals surface area contributed by atoms with E-state index in [0.717, 1.165) is 40.1 Å². The van der Waals surface area contributed by atoms with Gasteiger partial charge in [-0.25, -0.2) is 0 Å². The van der Waals surface area contributed by atoms with Crippen LogP contribution < -0.4 is 0 Å². The smallest absolute Gasteiger partial charge is 0.184 e. The van der Waals surface area contributed by atoms with Gasteiger partial charge in [0.2, 0.25) is 0 Å². The van der Waals surface area contributed by atoms with Crippen molar-refractivity contribution in [2.45, 2.75) is 34.1 Å². The Kier molecular flexibility index (Phi) is 7.89. The van der Waals surface area contributed by atoms with Gasteiger partial charge in [0, 0.05) is 0 Å². The minimum atomic E-state index is 0.0658. The third kappa shape index (κ3) is 6.76. The SMILES string of the molecule is CC1=CC(=CN=Nc2ccc(Cc3ccc(N=NC=C4C=C(C)C(=O)C(C)=C4)cc3)cc2)C=C(C)C1=O. The molecule has 0 atom stereocenters. The number of hydrogen-bond donors (Lipinski definition) is 0. The number of benzene rings is 2. The van der Waals surface area contributed by atoms with Crippen LogP contribution in [0.3, 0.4) is 0 Å². The Balaban J connectivity index is 1.33. The van der Waals surface area contributed by atoms with Crippen LogP contribution in [-0.4, -0.2) is 11.6 Å². The molecule has 184 valence electrons. The maximum absolute atomic E-state index is 11.8. The highest BCUT2D eigenvalue weighted by molar-refractivity contribution is 6.10. The fraction of sp³-hybridized carbons (Fsp3) is 0.161. The van der Waals surface area contributed by atoms with Gasteiger partial charge in [-0.1, -0.05) is 24.3 Å². The first-order valence-electron chi connectivity index (χ1n) is 12.0. The van der Waals surface area contributed by atoms with Crippen molar-refractivity contribution in [3.63, 3.8) is 0 Å². The van der Waals surface area contributed by atoms with Crippen molar-refractivity contribution in [1.82, 2.24) is 0 Å². The number of carbonyl (C=O) groups is 2. The van der Waals surface area contributed by atoms with Crippen LogP contribution in [0.4, 0.5) is 11.4 Å². The molecule has 0 amide bonds. The number of hydrogen-bond acceptors (Lipinski definition) is 6. The van der Waals surface area contributed by atoms with Gasteiger partial charge in [-0.15, -0.1) is 0 Å². The average molecular weight is 489 g/mol. The number of Topliss-reactive ketones (excluding diaryl/α,β-unsaturated/α-hetero) is 2. The molecule has 0 heterocycles. The van der Waals surface area contributed by atoms with Gasteiger partial charge < -0.3 is 0 Å². The summed E-state index contributed by atoms with van der Waals surface area (Å²) in [6.07, 6.45) is 11.4. The zero-order valence-corrected chi connectivity index (χ0v) is 21.4. The van der Waals surface area contributed by atoms with E-state index < -0.39 is 0 Å². The fourth-order valence-electron chi connectivity index (χ4n) is 4.04. The minimum absolute atomic E-state index is 0.0658. The zero-order valence-electron chi connectivity index (χ0n) is 21.4. The van der Waals surface area contributed by atoms with Crippen molar-refractivity contribution in [3.8, 4) is 0 Å². The fourth-order valence-corrected chi connectivity index (χ4v) is 4.04. The van der Waals surface area contributed by atoms with Crippen molar-refractivity contribution in [2.24, 2.45) is 20.5 Å². The molecule has 0 aromatic heterocycles. The Labute approximate surface area is 216 Å². The molecule has 2 aromatic rings. The number of azo groups is 2. The molecule has 6 heteroatoms. The molecule has 0 N–H and O–H groups in total. The van der Waals surface area contributed by atoms with Gasteiger partial charge in [-0.2, -0.15) is 20.5 Å². The normalized spacial score (nSPS) is 16.1. The van der Waals surface area contributed by atoms with E-state index in [4.69, 9.17) is 0 Å². The third-order valence-electron chi connectivity index (χ3n) is 6.01. The lowest BCUT2D eigenvalue weighted by Gasteiger charge is -2.08. The molecule has 0 radical (unpaired) electrons. The summed E-state index contributed by atoms with van der Waals surface area (Å²) < 4.78 is 0. The van der Waals surface area contributed by atoms with Crippen molar-refractivity contribution in [2.75, 3.05) is 0 Å². The van der Waals surface area contributed by atoms with Gasteiger partial charge in [0.05, 0.1) is 23.8 Å². The molecule has 2 aliphatic rings. The largest absolute Gasteiger partial charge is 0.289 e. The summed E-state index contributed by atoms with van der Waals surface area (Å²) in [6.45, 7) is 7.21. The van der Waals surface area contributed by atoms with E-state index >= 15 is 0 Å². The molecule has 37 heavy (non-hydrogen) atoms. The molecular weight excluding hydrogens is 460 g/mol. The second-order valence-electron chi connectivity index (χ2n) is 9.17. The summed E-state index contributed by atoms with van der Waals surface area (Å²) >= 11 is 0. The predicted octanol–water partition coefficient (Wildman–Crippen LogP) is 8.16. The highest BCUT2D eigenvalue weighted by Gasteiger charge is 2.13. The van der Waals surface area contributed by atoms with E-state index in [2.05, 4.69) is 20.5 Å². The van der Waals surface area contributed by atoms with Gasteiger partial charge in [0.25, 0.3) is 0 Å². The van der Waals surface area contributed by atoms with Gasteiger partial charge in [0.1, 0.15) is 0 Å². The highest BCUT2D eigenvalue weighted by Crippen LogP contribution is 2.22. The second-order valence-corrected chi connectivity index (χ2v) is 9.17. The standard InChI is InChI=1S/C31H28N4O2/c1-20-13-26(14-21(2)30(20)36)18-32-34-28-9-5-24(6-10-28)17-25-7-11-29(12-8-25)35-33-19-27-15-22(3)31(37)23(4)16-27/h5-16,18-19H,17H2,1-4H3. The summed E-state index contributed by atoms with van der Waals surface area (Å²) in [5.74, 6) is 0.132. The van der Waals surface area contributed by atoms with Gasteiger partial charge in [0.15, 0.2) is 11.6 Å². The summed E-state index contributed by atoms with van der Waals surface area (Å²) in [4.78, 5) is 23.7. The number of nitrogens with zero attached hydrogens (tertiary/aromatic N) is 4. The lowest BCUT2D eigenvalue weighted by molar-refractivity contribution is -0.113. The van der Waals surface area contributed by atoms with Crippen LogP contribution >= 0.6 is 0 Å². The average Bonchev–Trinajstić information content (AvgIpc) is 2.88. The second kappa shape index (κ2) is 11.4. The van der Waals surface area contributed by atoms with E-state index in [1.807, 2.05) is 72.8 Å². The number of rotatable bonds is 6. The van der Waals surface area contributed by atoms with Crippen molar-refractivity contribution in [3.05, 3.63) is 130 Å². The van der Waals surface area contributed by atoms with Crippen molar-refractivity contribution < 1.29 is 9.59 Å². The van der Waals surface area contributed by atoms with Crippen LogP contribution in [0.5, 0.6) is 0 Å². The van der Waals surface area contributed by atoms with Crippen molar-refractivity contribution in [1.29, 1.82) is 0 Å². The van der Waals surface area contributed by atoms with E-state index in [9.17, 15) is 9.59 Å². The quantitative estimate of drug-likeness (QED) is 0.384. The minimum Gasteiger partial charge on any atom is -0.289 e. The topological polar surface area (TPSA) is 83.6 Å². The summed E-state index contributed by atoms with van der Waals surface area (Å²) in [7, 11) is 0. The van der Waals surface area contributed by atoms with Crippen LogP contribution in [0.15, 0.2) is 139 Å². The zero-order chi connectivity index (χ0) is 26.4. The molecule has 0 spiro atoms. The summed E-state index contributed by atoms with van der Waals surface area (Å²) in [5, 5.41) is 16.8. The van der Waals surface area contributed by atoms with E-state index in [1.165, 1.54) is 0 Å². The Bertz CT molecular complexity index is 1320. The molecule has 2 aromatic carbocycles. The maximum Gasteiger partial charge on any atom is 0.184 e. The van der Waals surface area contributed by atoms with E-state index in [0.29, 0.717) is 22.3 Å². The molecular formula is C31H28N4O2. The van der Waals surface area contributed by atoms with Crippen LogP contribution in [0, 0.1) is 0 Å². The van der Waals surface area contributed by atoms with E-state index in [1.54, 1.807) is 40.1 Å². The molecule has 0 bridgehead atoms. The predicted molar refractivity (Wildman–Crippen MR) is 146 cm³/mol. The monoisotopic (exact) mass is 488 g/mol. The molecule has 0 unspecified atom stereocenters. The first-order valence-corrected chi connectivity index (χ1v) is 12.0. The number of carbonyl (C=O) groups excluding carboxylic acids is 2. The summed E-state index contributed by atoms with van der Waals surface area (Å²) in [6, 6.07) is 15.9. The van der Waals surface area contributed by atoms with E-state index in [-0.39, 0.29) is 11.6 Å². The molecule has 0 fully saturated rings. The molecule has 0 saturated heterocycles. The lowest BCUT2D eigenvalue weighted by Crippen LogP contribution is -2.05. The molecule has 0 saturated carbocycles. The Morgan fingerprint density at radius 2 is 0.865 bits per heavy atom. The van der Waals surface area contributed by atoms with Gasteiger partial charge in [-0.3, -0.25) is 9.59 Å². The molecule has 2 aliphatic carbocycles. The number of allylic oxidation sites excluding steroid dienone is 10.